The summed E-state index contributed by atoms with van der Waals surface area (Å²) < 4.78 is 15.7. The van der Waals surface area contributed by atoms with E-state index in [0.717, 1.165) is 12.8 Å². The molecule has 5 nitrogen and oxygen atoms in total. The lowest BCUT2D eigenvalue weighted by Crippen LogP contribution is -2.19. The van der Waals surface area contributed by atoms with Gasteiger partial charge in [-0.25, -0.2) is 4.79 Å². The van der Waals surface area contributed by atoms with Crippen LogP contribution in [0.5, 0.6) is 11.5 Å². The molecular formula is C20H20Cl2O5. The van der Waals surface area contributed by atoms with Gasteiger partial charge in [-0.15, -0.1) is 0 Å². The van der Waals surface area contributed by atoms with Crippen LogP contribution in [0.4, 0.5) is 0 Å². The first-order valence-corrected chi connectivity index (χ1v) is 9.24. The van der Waals surface area contributed by atoms with Crippen molar-refractivity contribution < 1.29 is 23.8 Å². The second-order valence-corrected chi connectivity index (χ2v) is 6.52. The molecule has 2 rings (SSSR count). The van der Waals surface area contributed by atoms with E-state index in [9.17, 15) is 9.59 Å². The summed E-state index contributed by atoms with van der Waals surface area (Å²) in [5.74, 6) is 0.0233. The third-order valence-corrected chi connectivity index (χ3v) is 4.08. The minimum absolute atomic E-state index is 0.285. The summed E-state index contributed by atoms with van der Waals surface area (Å²) in [6, 6.07) is 11.4. The standard InChI is InChI=1S/C20H20Cl2O5/c1-2-3-10-25-16-7-4-14(5-8-16)18(23)12-27-20(24)13-26-19-9-6-15(21)11-17(19)22/h4-9,11H,2-3,10,12-13H2,1H3. The maximum absolute atomic E-state index is 12.1. The zero-order chi connectivity index (χ0) is 19.6. The Morgan fingerprint density at radius 2 is 1.70 bits per heavy atom. The van der Waals surface area contributed by atoms with Crippen LogP contribution in [0.2, 0.25) is 10.0 Å². The minimum atomic E-state index is -0.672. The highest BCUT2D eigenvalue weighted by Gasteiger charge is 2.12. The number of hydrogen-bond acceptors (Lipinski definition) is 5. The number of carbonyl (C=O) groups is 2. The van der Waals surface area contributed by atoms with Gasteiger partial charge < -0.3 is 14.2 Å². The van der Waals surface area contributed by atoms with E-state index in [0.29, 0.717) is 28.7 Å². The molecule has 0 saturated heterocycles. The summed E-state index contributed by atoms with van der Waals surface area (Å²) in [7, 11) is 0. The van der Waals surface area contributed by atoms with Crippen molar-refractivity contribution in [2.45, 2.75) is 19.8 Å². The van der Waals surface area contributed by atoms with Crippen molar-refractivity contribution >= 4 is 35.0 Å². The lowest BCUT2D eigenvalue weighted by molar-refractivity contribution is -0.144. The number of halogens is 2. The van der Waals surface area contributed by atoms with Gasteiger partial charge in [0.25, 0.3) is 0 Å². The van der Waals surface area contributed by atoms with Gasteiger partial charge >= 0.3 is 5.97 Å². The molecule has 0 bridgehead atoms. The first kappa shape index (κ1) is 21.1. The van der Waals surface area contributed by atoms with Gasteiger partial charge in [0.15, 0.2) is 19.0 Å². The van der Waals surface area contributed by atoms with Gasteiger partial charge in [0.1, 0.15) is 11.5 Å². The van der Waals surface area contributed by atoms with Crippen LogP contribution in [-0.4, -0.2) is 31.6 Å². The predicted octanol–water partition coefficient (Wildman–Crippen LogP) is 4.98. The van der Waals surface area contributed by atoms with Crippen LogP contribution >= 0.6 is 23.2 Å². The summed E-state index contributed by atoms with van der Waals surface area (Å²) in [4.78, 5) is 23.8. The first-order valence-electron chi connectivity index (χ1n) is 8.49. The van der Waals surface area contributed by atoms with E-state index in [2.05, 4.69) is 6.92 Å². The van der Waals surface area contributed by atoms with Gasteiger partial charge in [-0.1, -0.05) is 36.5 Å². The molecular weight excluding hydrogens is 391 g/mol. The van der Waals surface area contributed by atoms with Crippen LogP contribution in [0.15, 0.2) is 42.5 Å². The molecule has 0 aliphatic rings. The molecule has 0 atom stereocenters. The summed E-state index contributed by atoms with van der Waals surface area (Å²) in [5, 5.41) is 0.745. The van der Waals surface area contributed by atoms with Crippen molar-refractivity contribution in [3.63, 3.8) is 0 Å². The number of unbranched alkanes of at least 4 members (excludes halogenated alkanes) is 1. The zero-order valence-corrected chi connectivity index (χ0v) is 16.4. The molecule has 2 aromatic carbocycles. The molecule has 144 valence electrons. The Bertz CT molecular complexity index is 774. The maximum atomic E-state index is 12.1. The predicted molar refractivity (Wildman–Crippen MR) is 104 cm³/mol. The van der Waals surface area contributed by atoms with Gasteiger partial charge in [0.05, 0.1) is 11.6 Å². The molecule has 27 heavy (non-hydrogen) atoms. The normalized spacial score (nSPS) is 10.3. The average molecular weight is 411 g/mol. The quantitative estimate of drug-likeness (QED) is 0.314. The second-order valence-electron chi connectivity index (χ2n) is 5.67. The highest BCUT2D eigenvalue weighted by atomic mass is 35.5. The third kappa shape index (κ3) is 7.12. The molecule has 0 amide bonds. The van der Waals surface area contributed by atoms with Crippen LogP contribution < -0.4 is 9.47 Å². The van der Waals surface area contributed by atoms with E-state index in [1.165, 1.54) is 6.07 Å². The summed E-state index contributed by atoms with van der Waals surface area (Å²) >= 11 is 11.7. The molecule has 0 N–H and O–H groups in total. The van der Waals surface area contributed by atoms with E-state index >= 15 is 0 Å². The van der Waals surface area contributed by atoms with Crippen molar-refractivity contribution in [1.82, 2.24) is 0 Å². The molecule has 0 unspecified atom stereocenters. The number of ether oxygens (including phenoxy) is 3. The number of esters is 1. The largest absolute Gasteiger partial charge is 0.494 e. The van der Waals surface area contributed by atoms with Gasteiger partial charge in [-0.2, -0.15) is 0 Å². The summed E-state index contributed by atoms with van der Waals surface area (Å²) in [6.45, 7) is 1.99. The number of benzene rings is 2. The Labute approximate surface area is 168 Å². The second kappa shape index (κ2) is 10.8. The van der Waals surface area contributed by atoms with E-state index in [-0.39, 0.29) is 24.0 Å². The van der Waals surface area contributed by atoms with Crippen molar-refractivity contribution in [3.8, 4) is 11.5 Å². The van der Waals surface area contributed by atoms with Gasteiger partial charge in [-0.3, -0.25) is 4.79 Å². The van der Waals surface area contributed by atoms with Crippen LogP contribution in [0.1, 0.15) is 30.1 Å². The first-order chi connectivity index (χ1) is 13.0. The number of ketones is 1. The summed E-state index contributed by atoms with van der Waals surface area (Å²) in [6.07, 6.45) is 2.02. The average Bonchev–Trinajstić information content (AvgIpc) is 2.66. The Kier molecular flexibility index (Phi) is 8.43. The highest BCUT2D eigenvalue weighted by Crippen LogP contribution is 2.27. The fraction of sp³-hybridized carbons (Fsp3) is 0.300. The molecule has 0 radical (unpaired) electrons. The Balaban J connectivity index is 1.76. The lowest BCUT2D eigenvalue weighted by atomic mass is 10.1. The maximum Gasteiger partial charge on any atom is 0.344 e. The van der Waals surface area contributed by atoms with Crippen LogP contribution in [-0.2, 0) is 9.53 Å². The molecule has 0 saturated carbocycles. The smallest absolute Gasteiger partial charge is 0.344 e. The van der Waals surface area contributed by atoms with Crippen LogP contribution in [0, 0.1) is 0 Å². The van der Waals surface area contributed by atoms with E-state index in [4.69, 9.17) is 37.4 Å². The molecule has 2 aromatic rings. The van der Waals surface area contributed by atoms with Gasteiger partial charge in [0, 0.05) is 10.6 Å². The fourth-order valence-electron chi connectivity index (χ4n) is 2.07. The number of Topliss-reactive ketones (excluding diaryl/α,β-unsaturated/α-hetero) is 1. The van der Waals surface area contributed by atoms with Crippen molar-refractivity contribution in [1.29, 1.82) is 0 Å². The van der Waals surface area contributed by atoms with Gasteiger partial charge in [-0.05, 0) is 48.9 Å². The molecule has 0 fully saturated rings. The third-order valence-electron chi connectivity index (χ3n) is 3.55. The molecule has 0 spiro atoms. The van der Waals surface area contributed by atoms with Crippen molar-refractivity contribution in [2.24, 2.45) is 0 Å². The lowest BCUT2D eigenvalue weighted by Gasteiger charge is -2.09. The van der Waals surface area contributed by atoms with Crippen LogP contribution in [0.25, 0.3) is 0 Å². The van der Waals surface area contributed by atoms with E-state index in [1.54, 1.807) is 36.4 Å². The fourth-order valence-corrected chi connectivity index (χ4v) is 2.53. The van der Waals surface area contributed by atoms with E-state index < -0.39 is 5.97 Å². The topological polar surface area (TPSA) is 61.8 Å². The van der Waals surface area contributed by atoms with Crippen LogP contribution in [0.3, 0.4) is 0 Å². The number of rotatable bonds is 10. The zero-order valence-electron chi connectivity index (χ0n) is 14.9. The SMILES string of the molecule is CCCCOc1ccc(C(=O)COC(=O)COc2ccc(Cl)cc2Cl)cc1. The molecule has 7 heteroatoms. The molecule has 0 aromatic heterocycles. The summed E-state index contributed by atoms with van der Waals surface area (Å²) in [5.41, 5.74) is 0.437. The minimum Gasteiger partial charge on any atom is -0.494 e. The van der Waals surface area contributed by atoms with Gasteiger partial charge in [0.2, 0.25) is 0 Å². The molecule has 0 aliphatic carbocycles. The van der Waals surface area contributed by atoms with Crippen molar-refractivity contribution in [3.05, 3.63) is 58.1 Å². The Hall–Kier alpha value is -2.24. The monoisotopic (exact) mass is 410 g/mol. The molecule has 0 heterocycles. The Morgan fingerprint density at radius 1 is 0.963 bits per heavy atom. The highest BCUT2D eigenvalue weighted by molar-refractivity contribution is 6.35. The van der Waals surface area contributed by atoms with E-state index in [1.807, 2.05) is 0 Å². The van der Waals surface area contributed by atoms with Crippen molar-refractivity contribution in [2.75, 3.05) is 19.8 Å². The Morgan fingerprint density at radius 3 is 2.37 bits per heavy atom. The number of carbonyl (C=O) groups excluding carboxylic acids is 2. The number of hydrogen-bond donors (Lipinski definition) is 0. The molecule has 0 aliphatic heterocycles.